The molecule has 0 radical (unpaired) electrons. The van der Waals surface area contributed by atoms with Crippen LogP contribution in [0.1, 0.15) is 12.0 Å². The number of nitrogens with two attached hydrogens (primary N) is 1. The Morgan fingerprint density at radius 3 is 2.53 bits per heavy atom. The highest BCUT2D eigenvalue weighted by molar-refractivity contribution is 8.04. The van der Waals surface area contributed by atoms with Gasteiger partial charge in [0.25, 0.3) is 0 Å². The van der Waals surface area contributed by atoms with Gasteiger partial charge in [-0.2, -0.15) is 0 Å². The van der Waals surface area contributed by atoms with Crippen LogP contribution in [0.5, 0.6) is 0 Å². The number of thioether (sulfide) groups is 1. The molecule has 0 spiro atoms. The van der Waals surface area contributed by atoms with Crippen molar-refractivity contribution in [1.82, 2.24) is 0 Å². The molecule has 0 aromatic heterocycles. The fourth-order valence-corrected chi connectivity index (χ4v) is 2.64. The largest absolute Gasteiger partial charge is 0.368 e. The summed E-state index contributed by atoms with van der Waals surface area (Å²) in [5.74, 6) is -0.696. The topological polar surface area (TPSA) is 43.1 Å². The average molecular weight is 223 g/mol. The van der Waals surface area contributed by atoms with Gasteiger partial charge in [-0.05, 0) is 29.5 Å². The maximum absolute atomic E-state index is 12.8. The molecular weight excluding hydrogens is 213 g/mol. The number of hydrogen-bond donors (Lipinski definition) is 1. The van der Waals surface area contributed by atoms with Crippen LogP contribution in [0, 0.1) is 5.82 Å². The van der Waals surface area contributed by atoms with E-state index >= 15 is 0 Å². The maximum atomic E-state index is 12.8. The number of allylic oxidation sites excluding steroid dienone is 1. The van der Waals surface area contributed by atoms with Gasteiger partial charge in [-0.15, -0.1) is 11.8 Å². The summed E-state index contributed by atoms with van der Waals surface area (Å²) in [5.41, 5.74) is 6.17. The summed E-state index contributed by atoms with van der Waals surface area (Å²) < 4.78 is 12.0. The molecule has 0 saturated heterocycles. The first-order valence-electron chi connectivity index (χ1n) is 4.54. The Morgan fingerprint density at radius 1 is 1.40 bits per heavy atom. The van der Waals surface area contributed by atoms with E-state index in [1.807, 2.05) is 11.5 Å². The van der Waals surface area contributed by atoms with Crippen LogP contribution < -0.4 is 5.73 Å². The molecule has 1 aromatic rings. The number of carbonyl (C=O) groups is 1. The van der Waals surface area contributed by atoms with E-state index in [0.717, 1.165) is 5.56 Å². The standard InChI is InChI=1S/C11H10FNOS/c12-9-4-2-8(3-5-9)11(10(13)14)6-1-7-15-11/h1-5,7H,6H2,(H2,13,14). The summed E-state index contributed by atoms with van der Waals surface area (Å²) in [4.78, 5) is 11.5. The zero-order chi connectivity index (χ0) is 10.9. The molecule has 78 valence electrons. The number of rotatable bonds is 2. The minimum absolute atomic E-state index is 0.311. The Balaban J connectivity index is 2.42. The van der Waals surface area contributed by atoms with E-state index in [9.17, 15) is 9.18 Å². The van der Waals surface area contributed by atoms with Gasteiger partial charge < -0.3 is 5.73 Å². The van der Waals surface area contributed by atoms with Crippen LogP contribution in [0.25, 0.3) is 0 Å². The fourth-order valence-electron chi connectivity index (χ4n) is 1.63. The Hall–Kier alpha value is -1.29. The predicted molar refractivity (Wildman–Crippen MR) is 58.6 cm³/mol. The molecule has 0 bridgehead atoms. The van der Waals surface area contributed by atoms with E-state index in [1.54, 1.807) is 12.1 Å². The Labute approximate surface area is 91.4 Å². The van der Waals surface area contributed by atoms with Gasteiger partial charge in [-0.1, -0.05) is 18.2 Å². The average Bonchev–Trinajstić information content (AvgIpc) is 2.69. The van der Waals surface area contributed by atoms with Crippen LogP contribution in [0.4, 0.5) is 4.39 Å². The van der Waals surface area contributed by atoms with Gasteiger partial charge >= 0.3 is 0 Å². The molecule has 0 fully saturated rings. The molecule has 0 aliphatic carbocycles. The van der Waals surface area contributed by atoms with E-state index in [-0.39, 0.29) is 11.7 Å². The second-order valence-electron chi connectivity index (χ2n) is 3.39. The van der Waals surface area contributed by atoms with Crippen molar-refractivity contribution in [3.8, 4) is 0 Å². The Kier molecular flexibility index (Phi) is 2.52. The van der Waals surface area contributed by atoms with Crippen LogP contribution in [-0.2, 0) is 9.54 Å². The smallest absolute Gasteiger partial charge is 0.238 e. The second-order valence-corrected chi connectivity index (χ2v) is 4.60. The van der Waals surface area contributed by atoms with Crippen molar-refractivity contribution in [1.29, 1.82) is 0 Å². The first-order valence-corrected chi connectivity index (χ1v) is 5.42. The first kappa shape index (κ1) is 10.2. The van der Waals surface area contributed by atoms with E-state index in [0.29, 0.717) is 6.42 Å². The Bertz CT molecular complexity index is 405. The van der Waals surface area contributed by atoms with Crippen molar-refractivity contribution >= 4 is 17.7 Å². The summed E-state index contributed by atoms with van der Waals surface area (Å²) >= 11 is 1.38. The third kappa shape index (κ3) is 1.65. The highest BCUT2D eigenvalue weighted by atomic mass is 32.2. The predicted octanol–water partition coefficient (Wildman–Crippen LogP) is 2.16. The van der Waals surface area contributed by atoms with Crippen molar-refractivity contribution in [2.75, 3.05) is 0 Å². The van der Waals surface area contributed by atoms with E-state index in [2.05, 4.69) is 0 Å². The first-order chi connectivity index (χ1) is 7.15. The minimum atomic E-state index is -0.742. The van der Waals surface area contributed by atoms with Crippen LogP contribution >= 0.6 is 11.8 Å². The molecule has 1 atom stereocenters. The molecule has 2 nitrogen and oxygen atoms in total. The molecule has 2 N–H and O–H groups in total. The number of halogens is 1. The second kappa shape index (κ2) is 3.70. The SMILES string of the molecule is NC(=O)C1(c2ccc(F)cc2)CC=CS1. The van der Waals surface area contributed by atoms with Gasteiger partial charge in [0.1, 0.15) is 10.6 Å². The van der Waals surface area contributed by atoms with E-state index in [4.69, 9.17) is 5.73 Å². The van der Waals surface area contributed by atoms with Gasteiger partial charge in [0.15, 0.2) is 0 Å². The van der Waals surface area contributed by atoms with Crippen molar-refractivity contribution in [3.63, 3.8) is 0 Å². The lowest BCUT2D eigenvalue weighted by atomic mass is 9.94. The summed E-state index contributed by atoms with van der Waals surface area (Å²) in [6, 6.07) is 5.91. The summed E-state index contributed by atoms with van der Waals surface area (Å²) in [6.07, 6.45) is 2.47. The molecule has 1 aliphatic heterocycles. The van der Waals surface area contributed by atoms with Gasteiger partial charge in [0.2, 0.25) is 5.91 Å². The van der Waals surface area contributed by atoms with Crippen molar-refractivity contribution in [2.45, 2.75) is 11.2 Å². The number of carbonyl (C=O) groups excluding carboxylic acids is 1. The number of benzene rings is 1. The lowest BCUT2D eigenvalue weighted by Gasteiger charge is -2.24. The minimum Gasteiger partial charge on any atom is -0.368 e. The third-order valence-corrected chi connectivity index (χ3v) is 3.81. The van der Waals surface area contributed by atoms with Crippen molar-refractivity contribution < 1.29 is 9.18 Å². The zero-order valence-electron chi connectivity index (χ0n) is 7.94. The quantitative estimate of drug-likeness (QED) is 0.834. The molecule has 15 heavy (non-hydrogen) atoms. The molecule has 1 aliphatic rings. The highest BCUT2D eigenvalue weighted by Crippen LogP contribution is 2.45. The summed E-state index contributed by atoms with van der Waals surface area (Å²) in [5, 5.41) is 1.86. The van der Waals surface area contributed by atoms with Gasteiger partial charge in [-0.25, -0.2) is 4.39 Å². The molecular formula is C11H10FNOS. The van der Waals surface area contributed by atoms with E-state index in [1.165, 1.54) is 23.9 Å². The molecule has 0 saturated carbocycles. The normalized spacial score (nSPS) is 24.3. The van der Waals surface area contributed by atoms with E-state index < -0.39 is 4.75 Å². The number of hydrogen-bond acceptors (Lipinski definition) is 2. The maximum Gasteiger partial charge on any atom is 0.238 e. The zero-order valence-corrected chi connectivity index (χ0v) is 8.76. The molecule has 1 unspecified atom stereocenters. The lowest BCUT2D eigenvalue weighted by Crippen LogP contribution is -2.36. The molecule has 1 heterocycles. The molecule has 2 rings (SSSR count). The third-order valence-electron chi connectivity index (χ3n) is 2.48. The highest BCUT2D eigenvalue weighted by Gasteiger charge is 2.39. The van der Waals surface area contributed by atoms with Crippen LogP contribution in [0.15, 0.2) is 35.7 Å². The van der Waals surface area contributed by atoms with Crippen molar-refractivity contribution in [3.05, 3.63) is 47.1 Å². The Morgan fingerprint density at radius 2 is 2.07 bits per heavy atom. The monoisotopic (exact) mass is 223 g/mol. The van der Waals surface area contributed by atoms with Gasteiger partial charge in [-0.3, -0.25) is 4.79 Å². The van der Waals surface area contributed by atoms with Crippen molar-refractivity contribution in [2.24, 2.45) is 5.73 Å². The van der Waals surface area contributed by atoms with Crippen LogP contribution in [-0.4, -0.2) is 5.91 Å². The summed E-state index contributed by atoms with van der Waals surface area (Å²) in [6.45, 7) is 0. The number of primary amides is 1. The van der Waals surface area contributed by atoms with Crippen LogP contribution in [0.2, 0.25) is 0 Å². The summed E-state index contributed by atoms with van der Waals surface area (Å²) in [7, 11) is 0. The number of amides is 1. The lowest BCUT2D eigenvalue weighted by molar-refractivity contribution is -0.120. The van der Waals surface area contributed by atoms with Gasteiger partial charge in [0.05, 0.1) is 0 Å². The molecule has 1 amide bonds. The van der Waals surface area contributed by atoms with Crippen LogP contribution in [0.3, 0.4) is 0 Å². The van der Waals surface area contributed by atoms with Gasteiger partial charge in [0, 0.05) is 0 Å². The molecule has 1 aromatic carbocycles. The fraction of sp³-hybridized carbons (Fsp3) is 0.182. The molecule has 4 heteroatoms.